The van der Waals surface area contributed by atoms with Gasteiger partial charge in [0.15, 0.2) is 5.69 Å². The summed E-state index contributed by atoms with van der Waals surface area (Å²) >= 11 is 0. The molecule has 0 saturated carbocycles. The molecular formula is C23H29N5O5. The van der Waals surface area contributed by atoms with E-state index in [2.05, 4.69) is 20.7 Å². The fourth-order valence-electron chi connectivity index (χ4n) is 3.18. The zero-order valence-corrected chi connectivity index (χ0v) is 19.4. The monoisotopic (exact) mass is 455 g/mol. The summed E-state index contributed by atoms with van der Waals surface area (Å²) in [5, 5.41) is 10.00. The zero-order chi connectivity index (χ0) is 24.2. The van der Waals surface area contributed by atoms with E-state index in [1.807, 2.05) is 6.08 Å². The number of hydrogen-bond donors (Lipinski definition) is 2. The van der Waals surface area contributed by atoms with E-state index in [0.717, 1.165) is 0 Å². The highest BCUT2D eigenvalue weighted by molar-refractivity contribution is 5.95. The van der Waals surface area contributed by atoms with Crippen LogP contribution in [0.15, 0.2) is 36.5 Å². The fraction of sp³-hybridized carbons (Fsp3) is 0.435. The molecule has 2 amide bonds. The molecule has 0 saturated heterocycles. The summed E-state index contributed by atoms with van der Waals surface area (Å²) in [5.41, 5.74) is 0.536. The second-order valence-electron chi connectivity index (χ2n) is 8.63. The van der Waals surface area contributed by atoms with Crippen LogP contribution in [0.1, 0.15) is 63.3 Å². The molecule has 0 aromatic carbocycles. The first-order valence-electron chi connectivity index (χ1n) is 10.8. The Bertz CT molecular complexity index is 1070. The van der Waals surface area contributed by atoms with Gasteiger partial charge in [-0.05, 0) is 46.2 Å². The van der Waals surface area contributed by atoms with Gasteiger partial charge in [0, 0.05) is 12.3 Å². The highest BCUT2D eigenvalue weighted by Crippen LogP contribution is 2.24. The van der Waals surface area contributed by atoms with Crippen molar-refractivity contribution in [2.45, 2.75) is 52.7 Å². The van der Waals surface area contributed by atoms with E-state index in [1.54, 1.807) is 59.0 Å². The van der Waals surface area contributed by atoms with Crippen LogP contribution >= 0.6 is 0 Å². The second kappa shape index (κ2) is 9.85. The van der Waals surface area contributed by atoms with E-state index in [0.29, 0.717) is 23.6 Å². The minimum atomic E-state index is -0.652. The topological polar surface area (TPSA) is 124 Å². The van der Waals surface area contributed by atoms with Crippen LogP contribution in [0, 0.1) is 5.92 Å². The van der Waals surface area contributed by atoms with Crippen molar-refractivity contribution in [1.29, 1.82) is 0 Å². The Morgan fingerprint density at radius 2 is 2.06 bits per heavy atom. The van der Waals surface area contributed by atoms with Crippen LogP contribution in [-0.4, -0.2) is 44.9 Å². The summed E-state index contributed by atoms with van der Waals surface area (Å²) < 4.78 is 11.9. The molecule has 2 atom stereocenters. The number of fused-ring (bicyclic) bond motifs is 4. The van der Waals surface area contributed by atoms with Crippen molar-refractivity contribution in [3.63, 3.8) is 0 Å². The first-order chi connectivity index (χ1) is 15.6. The minimum Gasteiger partial charge on any atom is -0.461 e. The number of hydrogen-bond acceptors (Lipinski definition) is 7. The van der Waals surface area contributed by atoms with Crippen LogP contribution in [0.25, 0.3) is 5.69 Å². The van der Waals surface area contributed by atoms with Gasteiger partial charge in [-0.1, -0.05) is 19.1 Å². The number of rotatable bonds is 3. The molecule has 1 aliphatic heterocycles. The molecule has 0 fully saturated rings. The lowest BCUT2D eigenvalue weighted by Gasteiger charge is -2.23. The van der Waals surface area contributed by atoms with Crippen LogP contribution in [0.4, 0.5) is 10.6 Å². The number of anilines is 1. The van der Waals surface area contributed by atoms with Crippen LogP contribution < -0.4 is 10.6 Å². The SMILES string of the molecule is CCOC(=O)c1cc2n(n1)-c1ccnc(c1)[C@@H](NC(=O)OC(C)(C)C)C/C=C/C(C)C(=O)N2. The molecule has 2 aromatic rings. The molecule has 10 nitrogen and oxygen atoms in total. The van der Waals surface area contributed by atoms with E-state index < -0.39 is 29.6 Å². The maximum absolute atomic E-state index is 12.7. The number of ether oxygens (including phenoxy) is 2. The molecule has 0 aliphatic carbocycles. The molecular weight excluding hydrogens is 426 g/mol. The van der Waals surface area contributed by atoms with Gasteiger partial charge in [-0.15, -0.1) is 0 Å². The molecule has 33 heavy (non-hydrogen) atoms. The van der Waals surface area contributed by atoms with Gasteiger partial charge in [-0.25, -0.2) is 14.3 Å². The van der Waals surface area contributed by atoms with Gasteiger partial charge in [-0.2, -0.15) is 5.10 Å². The molecule has 2 N–H and O–H groups in total. The number of aromatic nitrogens is 3. The predicted octanol–water partition coefficient (Wildman–Crippen LogP) is 3.54. The molecule has 3 rings (SSSR count). The summed E-state index contributed by atoms with van der Waals surface area (Å²) in [6.07, 6.45) is 4.97. The Hall–Kier alpha value is -3.69. The van der Waals surface area contributed by atoms with E-state index >= 15 is 0 Å². The third-order valence-electron chi connectivity index (χ3n) is 4.71. The van der Waals surface area contributed by atoms with E-state index in [4.69, 9.17) is 9.47 Å². The maximum atomic E-state index is 12.7. The Morgan fingerprint density at radius 1 is 1.30 bits per heavy atom. The lowest BCUT2D eigenvalue weighted by molar-refractivity contribution is -0.118. The summed E-state index contributed by atoms with van der Waals surface area (Å²) in [6.45, 7) is 9.01. The normalized spacial score (nSPS) is 19.2. The third kappa shape index (κ3) is 6.18. The van der Waals surface area contributed by atoms with Crippen LogP contribution in [0.2, 0.25) is 0 Å². The van der Waals surface area contributed by atoms with Gasteiger partial charge in [0.1, 0.15) is 11.4 Å². The average Bonchev–Trinajstić information content (AvgIpc) is 3.15. The summed E-state index contributed by atoms with van der Waals surface area (Å²) in [5.74, 6) is -1.01. The molecule has 2 aromatic heterocycles. The largest absolute Gasteiger partial charge is 0.461 e. The Balaban J connectivity index is 2.04. The number of carbonyl (C=O) groups excluding carboxylic acids is 3. The number of amides is 2. The van der Waals surface area contributed by atoms with Crippen molar-refractivity contribution in [3.8, 4) is 5.69 Å². The van der Waals surface area contributed by atoms with E-state index in [-0.39, 0.29) is 18.2 Å². The van der Waals surface area contributed by atoms with Gasteiger partial charge in [0.25, 0.3) is 0 Å². The minimum absolute atomic E-state index is 0.0620. The standard InChI is InChI=1S/C23H29N5O5/c1-6-32-21(30)18-13-19-26-20(29)14(2)8-7-9-16(25-22(31)33-23(3,4)5)17-12-15(10-11-24-17)28(19)27-18/h7-8,10-14,16H,6,9H2,1-5H3,(H,25,31)(H,26,29)/b8-7+/t14?,16-/m0/s1. The number of alkyl carbamates (subject to hydrolysis) is 1. The van der Waals surface area contributed by atoms with Crippen molar-refractivity contribution in [2.24, 2.45) is 5.92 Å². The van der Waals surface area contributed by atoms with Gasteiger partial charge < -0.3 is 20.1 Å². The van der Waals surface area contributed by atoms with E-state index in [9.17, 15) is 14.4 Å². The second-order valence-corrected chi connectivity index (χ2v) is 8.63. The smallest absolute Gasteiger partial charge is 0.408 e. The Labute approximate surface area is 192 Å². The van der Waals surface area contributed by atoms with Crippen molar-refractivity contribution >= 4 is 23.8 Å². The predicted molar refractivity (Wildman–Crippen MR) is 121 cm³/mol. The molecule has 1 aliphatic rings. The third-order valence-corrected chi connectivity index (χ3v) is 4.71. The quantitative estimate of drug-likeness (QED) is 0.536. The molecule has 2 bridgehead atoms. The van der Waals surface area contributed by atoms with Crippen LogP contribution in [-0.2, 0) is 14.3 Å². The zero-order valence-electron chi connectivity index (χ0n) is 19.4. The Morgan fingerprint density at radius 3 is 2.76 bits per heavy atom. The molecule has 176 valence electrons. The van der Waals surface area contributed by atoms with Crippen LogP contribution in [0.5, 0.6) is 0 Å². The van der Waals surface area contributed by atoms with Gasteiger partial charge in [0.2, 0.25) is 5.91 Å². The lowest BCUT2D eigenvalue weighted by Crippen LogP contribution is -2.35. The summed E-state index contributed by atoms with van der Waals surface area (Å²) in [7, 11) is 0. The van der Waals surface area contributed by atoms with Crippen molar-refractivity contribution < 1.29 is 23.9 Å². The molecule has 3 heterocycles. The van der Waals surface area contributed by atoms with Gasteiger partial charge in [0.05, 0.1) is 29.9 Å². The summed E-state index contributed by atoms with van der Waals surface area (Å²) in [6, 6.07) is 4.39. The Kier molecular flexibility index (Phi) is 7.15. The molecule has 0 radical (unpaired) electrons. The first kappa shape index (κ1) is 24.0. The molecule has 10 heteroatoms. The van der Waals surface area contributed by atoms with Crippen molar-refractivity contribution in [2.75, 3.05) is 11.9 Å². The van der Waals surface area contributed by atoms with Crippen molar-refractivity contribution in [1.82, 2.24) is 20.1 Å². The number of nitrogens with zero attached hydrogens (tertiary/aromatic N) is 3. The van der Waals surface area contributed by atoms with Crippen LogP contribution in [0.3, 0.4) is 0 Å². The van der Waals surface area contributed by atoms with E-state index in [1.165, 1.54) is 10.7 Å². The summed E-state index contributed by atoms with van der Waals surface area (Å²) in [4.78, 5) is 41.8. The highest BCUT2D eigenvalue weighted by Gasteiger charge is 2.24. The molecule has 1 unspecified atom stereocenters. The van der Waals surface area contributed by atoms with Gasteiger partial charge in [-0.3, -0.25) is 9.78 Å². The van der Waals surface area contributed by atoms with Gasteiger partial charge >= 0.3 is 12.1 Å². The lowest BCUT2D eigenvalue weighted by atomic mass is 10.1. The number of esters is 1. The number of carbonyl (C=O) groups is 3. The fourth-order valence-corrected chi connectivity index (χ4v) is 3.18. The molecule has 0 spiro atoms. The number of nitrogens with one attached hydrogen (secondary N) is 2. The maximum Gasteiger partial charge on any atom is 0.408 e. The number of pyridine rings is 1. The highest BCUT2D eigenvalue weighted by atomic mass is 16.6. The van der Waals surface area contributed by atoms with Crippen molar-refractivity contribution in [3.05, 3.63) is 47.9 Å². The first-order valence-corrected chi connectivity index (χ1v) is 10.8. The average molecular weight is 456 g/mol.